The van der Waals surface area contributed by atoms with Gasteiger partial charge < -0.3 is 4.90 Å². The number of rotatable bonds is 4. The van der Waals surface area contributed by atoms with Crippen molar-refractivity contribution in [3.63, 3.8) is 0 Å². The summed E-state index contributed by atoms with van der Waals surface area (Å²) >= 11 is 0. The first-order valence-electron chi connectivity index (χ1n) is 7.66. The molecule has 0 radical (unpaired) electrons. The second-order valence-electron chi connectivity index (χ2n) is 5.86. The summed E-state index contributed by atoms with van der Waals surface area (Å²) in [6.45, 7) is 5.45. The zero-order valence-corrected chi connectivity index (χ0v) is 14.3. The number of piperidine rings is 1. The molecule has 1 aliphatic rings. The van der Waals surface area contributed by atoms with Crippen LogP contribution in [0.2, 0.25) is 0 Å². The number of benzene rings is 1. The van der Waals surface area contributed by atoms with Crippen molar-refractivity contribution >= 4 is 21.6 Å². The molecule has 122 valence electrons. The third-order valence-electron chi connectivity index (χ3n) is 4.17. The fourth-order valence-corrected chi connectivity index (χ4v) is 3.79. The highest BCUT2D eigenvalue weighted by molar-refractivity contribution is 7.88. The number of anilines is 1. The van der Waals surface area contributed by atoms with Gasteiger partial charge in [-0.1, -0.05) is 12.1 Å². The number of hydrogen-bond donors (Lipinski definition) is 0. The Morgan fingerprint density at radius 1 is 1.32 bits per heavy atom. The number of carbonyl (C=O) groups is 1. The molecular formula is C16H24N2O3S. The molecule has 0 N–H and O–H groups in total. The number of carbonyl (C=O) groups excluding carboxylic acids is 1. The van der Waals surface area contributed by atoms with E-state index in [9.17, 15) is 13.2 Å². The molecule has 1 heterocycles. The maximum atomic E-state index is 12.8. The van der Waals surface area contributed by atoms with Crippen molar-refractivity contribution in [3.8, 4) is 0 Å². The molecule has 0 aliphatic carbocycles. The molecule has 0 spiro atoms. The predicted octanol–water partition coefficient (Wildman–Crippen LogP) is 2.02. The molecule has 2 rings (SSSR count). The summed E-state index contributed by atoms with van der Waals surface area (Å²) in [5.41, 5.74) is 2.04. The zero-order valence-electron chi connectivity index (χ0n) is 13.4. The van der Waals surface area contributed by atoms with Gasteiger partial charge in [0.05, 0.1) is 6.26 Å². The van der Waals surface area contributed by atoms with Crippen molar-refractivity contribution in [2.75, 3.05) is 30.8 Å². The summed E-state index contributed by atoms with van der Waals surface area (Å²) in [5, 5.41) is 0. The highest BCUT2D eigenvalue weighted by atomic mass is 32.2. The topological polar surface area (TPSA) is 57.7 Å². The van der Waals surface area contributed by atoms with Crippen LogP contribution >= 0.6 is 0 Å². The SMILES string of the molecule is CCN(C(=O)C1CCN(S(C)(=O)=O)CC1)c1cccc(C)c1. The van der Waals surface area contributed by atoms with Crippen molar-refractivity contribution < 1.29 is 13.2 Å². The predicted molar refractivity (Wildman–Crippen MR) is 88.3 cm³/mol. The van der Waals surface area contributed by atoms with Crippen LogP contribution in [-0.4, -0.2) is 44.5 Å². The first-order valence-corrected chi connectivity index (χ1v) is 9.51. The van der Waals surface area contributed by atoms with E-state index >= 15 is 0 Å². The average Bonchev–Trinajstić information content (AvgIpc) is 2.47. The lowest BCUT2D eigenvalue weighted by Gasteiger charge is -2.32. The third kappa shape index (κ3) is 3.87. The number of hydrogen-bond acceptors (Lipinski definition) is 3. The number of aryl methyl sites for hydroxylation is 1. The van der Waals surface area contributed by atoms with Gasteiger partial charge in [0.1, 0.15) is 0 Å². The van der Waals surface area contributed by atoms with Crippen molar-refractivity contribution in [3.05, 3.63) is 29.8 Å². The Kier molecular flexibility index (Phi) is 5.24. The monoisotopic (exact) mass is 324 g/mol. The van der Waals surface area contributed by atoms with Crippen LogP contribution in [0.3, 0.4) is 0 Å². The maximum absolute atomic E-state index is 12.8. The molecule has 0 aromatic heterocycles. The van der Waals surface area contributed by atoms with Gasteiger partial charge in [0, 0.05) is 31.2 Å². The molecule has 0 atom stereocenters. The van der Waals surface area contributed by atoms with Crippen LogP contribution < -0.4 is 4.90 Å². The van der Waals surface area contributed by atoms with Crippen LogP contribution in [0.1, 0.15) is 25.3 Å². The second kappa shape index (κ2) is 6.79. The fourth-order valence-electron chi connectivity index (χ4n) is 2.92. The Morgan fingerprint density at radius 3 is 2.45 bits per heavy atom. The minimum Gasteiger partial charge on any atom is -0.312 e. The molecule has 1 aliphatic heterocycles. The lowest BCUT2D eigenvalue weighted by molar-refractivity contribution is -0.123. The lowest BCUT2D eigenvalue weighted by Crippen LogP contribution is -2.44. The summed E-state index contributed by atoms with van der Waals surface area (Å²) < 4.78 is 24.5. The van der Waals surface area contributed by atoms with Gasteiger partial charge in [0.2, 0.25) is 15.9 Å². The Hall–Kier alpha value is -1.40. The van der Waals surface area contributed by atoms with Crippen LogP contribution in [-0.2, 0) is 14.8 Å². The molecule has 1 aromatic rings. The fraction of sp³-hybridized carbons (Fsp3) is 0.562. The molecule has 22 heavy (non-hydrogen) atoms. The van der Waals surface area contributed by atoms with Crippen LogP contribution in [0.15, 0.2) is 24.3 Å². The van der Waals surface area contributed by atoms with E-state index in [1.807, 2.05) is 38.1 Å². The van der Waals surface area contributed by atoms with E-state index < -0.39 is 10.0 Å². The molecule has 1 fully saturated rings. The van der Waals surface area contributed by atoms with Crippen molar-refractivity contribution in [2.45, 2.75) is 26.7 Å². The van der Waals surface area contributed by atoms with E-state index in [0.717, 1.165) is 11.3 Å². The largest absolute Gasteiger partial charge is 0.312 e. The maximum Gasteiger partial charge on any atom is 0.230 e. The second-order valence-corrected chi connectivity index (χ2v) is 7.84. The van der Waals surface area contributed by atoms with Crippen molar-refractivity contribution in [1.29, 1.82) is 0 Å². The molecule has 1 amide bonds. The Labute approximate surface area is 133 Å². The highest BCUT2D eigenvalue weighted by Gasteiger charge is 2.31. The quantitative estimate of drug-likeness (QED) is 0.851. The normalized spacial score (nSPS) is 17.4. The standard InChI is InChI=1S/C16H24N2O3S/c1-4-18(15-7-5-6-13(2)12-15)16(19)14-8-10-17(11-9-14)22(3,20)21/h5-7,12,14H,4,8-11H2,1-3H3. The molecule has 6 heteroatoms. The van der Waals surface area contributed by atoms with Gasteiger partial charge in [0.25, 0.3) is 0 Å². The summed E-state index contributed by atoms with van der Waals surface area (Å²) in [7, 11) is -3.15. The molecular weight excluding hydrogens is 300 g/mol. The van der Waals surface area contributed by atoms with Crippen LogP contribution in [0, 0.1) is 12.8 Å². The van der Waals surface area contributed by atoms with Gasteiger partial charge in [-0.3, -0.25) is 4.79 Å². The number of nitrogens with zero attached hydrogens (tertiary/aromatic N) is 2. The molecule has 0 bridgehead atoms. The number of amides is 1. The van der Waals surface area contributed by atoms with Crippen molar-refractivity contribution in [2.24, 2.45) is 5.92 Å². The Morgan fingerprint density at radius 2 is 1.95 bits per heavy atom. The average molecular weight is 324 g/mol. The van der Waals surface area contributed by atoms with Gasteiger partial charge >= 0.3 is 0 Å². The van der Waals surface area contributed by atoms with E-state index in [1.165, 1.54) is 10.6 Å². The van der Waals surface area contributed by atoms with Gasteiger partial charge in [-0.25, -0.2) is 12.7 Å². The Bertz CT molecular complexity index is 635. The van der Waals surface area contributed by atoms with Gasteiger partial charge in [-0.15, -0.1) is 0 Å². The highest BCUT2D eigenvalue weighted by Crippen LogP contribution is 2.24. The number of sulfonamides is 1. The van der Waals surface area contributed by atoms with Gasteiger partial charge in [-0.05, 0) is 44.4 Å². The van der Waals surface area contributed by atoms with Gasteiger partial charge in [0.15, 0.2) is 0 Å². The lowest BCUT2D eigenvalue weighted by atomic mass is 9.96. The zero-order chi connectivity index (χ0) is 16.3. The molecule has 5 nitrogen and oxygen atoms in total. The van der Waals surface area contributed by atoms with E-state index in [0.29, 0.717) is 32.5 Å². The van der Waals surface area contributed by atoms with Crippen LogP contribution in [0.25, 0.3) is 0 Å². The first kappa shape index (κ1) is 17.0. The Balaban J connectivity index is 2.08. The summed E-state index contributed by atoms with van der Waals surface area (Å²) in [5.74, 6) is -0.000265. The van der Waals surface area contributed by atoms with E-state index in [2.05, 4.69) is 0 Å². The van der Waals surface area contributed by atoms with Crippen LogP contribution in [0.5, 0.6) is 0 Å². The van der Waals surface area contributed by atoms with Crippen LogP contribution in [0.4, 0.5) is 5.69 Å². The molecule has 0 saturated carbocycles. The molecule has 1 aromatic carbocycles. The minimum atomic E-state index is -3.15. The summed E-state index contributed by atoms with van der Waals surface area (Å²) in [4.78, 5) is 14.6. The molecule has 1 saturated heterocycles. The van der Waals surface area contributed by atoms with Gasteiger partial charge in [-0.2, -0.15) is 0 Å². The third-order valence-corrected chi connectivity index (χ3v) is 5.47. The minimum absolute atomic E-state index is 0.0984. The van der Waals surface area contributed by atoms with Crippen molar-refractivity contribution in [1.82, 2.24) is 4.31 Å². The summed E-state index contributed by atoms with van der Waals surface area (Å²) in [6.07, 6.45) is 2.41. The summed E-state index contributed by atoms with van der Waals surface area (Å²) in [6, 6.07) is 7.91. The van der Waals surface area contributed by atoms with E-state index in [1.54, 1.807) is 4.90 Å². The molecule has 0 unspecified atom stereocenters. The van der Waals surface area contributed by atoms with E-state index in [-0.39, 0.29) is 11.8 Å². The first-order chi connectivity index (χ1) is 10.3. The van der Waals surface area contributed by atoms with E-state index in [4.69, 9.17) is 0 Å². The smallest absolute Gasteiger partial charge is 0.230 e.